The average molecular weight is 285 g/mol. The number of rotatable bonds is 2. The van der Waals surface area contributed by atoms with Crippen molar-refractivity contribution in [3.8, 4) is 0 Å². The Kier molecular flexibility index (Phi) is 3.49. The van der Waals surface area contributed by atoms with Crippen LogP contribution in [0.3, 0.4) is 0 Å². The van der Waals surface area contributed by atoms with E-state index in [4.69, 9.17) is 16.6 Å². The summed E-state index contributed by atoms with van der Waals surface area (Å²) in [4.78, 5) is 4.79. The Bertz CT molecular complexity index is 676. The summed E-state index contributed by atoms with van der Waals surface area (Å²) in [7, 11) is 1.92. The highest BCUT2D eigenvalue weighted by Gasteiger charge is 2.21. The standard InChI is InChI=1S/C17H17ClN2/c1-11-10-20-17(14-6-4-3-5-13(11)14)15-9-12(18)7-8-16(15)19-2/h3-9,11,19H,10H2,1-2H3/t11-/m0/s1. The molecule has 1 N–H and O–H groups in total. The number of halogens is 1. The molecule has 3 heteroatoms. The molecular formula is C17H17ClN2. The summed E-state index contributed by atoms with van der Waals surface area (Å²) in [6, 6.07) is 14.4. The molecule has 2 nitrogen and oxygen atoms in total. The number of anilines is 1. The van der Waals surface area contributed by atoms with Crippen LogP contribution in [-0.4, -0.2) is 19.3 Å². The second-order valence-electron chi connectivity index (χ2n) is 5.12. The Hall–Kier alpha value is -1.80. The highest BCUT2D eigenvalue weighted by atomic mass is 35.5. The molecule has 20 heavy (non-hydrogen) atoms. The average Bonchev–Trinajstić information content (AvgIpc) is 2.48. The van der Waals surface area contributed by atoms with E-state index in [0.717, 1.165) is 28.5 Å². The van der Waals surface area contributed by atoms with Crippen LogP contribution in [0.15, 0.2) is 47.5 Å². The summed E-state index contributed by atoms with van der Waals surface area (Å²) >= 11 is 6.17. The van der Waals surface area contributed by atoms with Crippen LogP contribution >= 0.6 is 11.6 Å². The van der Waals surface area contributed by atoms with Gasteiger partial charge in [0.1, 0.15) is 0 Å². The number of hydrogen-bond donors (Lipinski definition) is 1. The number of nitrogens with one attached hydrogen (secondary N) is 1. The molecule has 102 valence electrons. The van der Waals surface area contributed by atoms with Gasteiger partial charge in [0, 0.05) is 41.3 Å². The third-order valence-electron chi connectivity index (χ3n) is 3.78. The molecule has 2 aromatic carbocycles. The summed E-state index contributed by atoms with van der Waals surface area (Å²) in [5.74, 6) is 0.465. The molecule has 1 heterocycles. The predicted octanol–water partition coefficient (Wildman–Crippen LogP) is 4.34. The minimum Gasteiger partial charge on any atom is -0.388 e. The van der Waals surface area contributed by atoms with Gasteiger partial charge >= 0.3 is 0 Å². The quantitative estimate of drug-likeness (QED) is 0.872. The lowest BCUT2D eigenvalue weighted by atomic mass is 9.87. The maximum atomic E-state index is 6.17. The SMILES string of the molecule is CNc1ccc(Cl)cc1C1=NC[C@H](C)c2ccccc21. The van der Waals surface area contributed by atoms with Crippen molar-refractivity contribution in [2.24, 2.45) is 4.99 Å². The van der Waals surface area contributed by atoms with Gasteiger partial charge in [0.15, 0.2) is 0 Å². The topological polar surface area (TPSA) is 24.4 Å². The Balaban J connectivity index is 2.18. The van der Waals surface area contributed by atoms with Crippen LogP contribution in [-0.2, 0) is 0 Å². The fourth-order valence-corrected chi connectivity index (χ4v) is 2.89. The first-order chi connectivity index (χ1) is 9.70. The van der Waals surface area contributed by atoms with E-state index < -0.39 is 0 Å². The highest BCUT2D eigenvalue weighted by Crippen LogP contribution is 2.31. The summed E-state index contributed by atoms with van der Waals surface area (Å²) in [5.41, 5.74) is 5.73. The van der Waals surface area contributed by atoms with Crippen LogP contribution < -0.4 is 5.32 Å². The molecule has 0 aromatic heterocycles. The second-order valence-corrected chi connectivity index (χ2v) is 5.55. The molecule has 2 aromatic rings. The highest BCUT2D eigenvalue weighted by molar-refractivity contribution is 6.31. The van der Waals surface area contributed by atoms with Gasteiger partial charge in [-0.05, 0) is 23.8 Å². The van der Waals surface area contributed by atoms with Crippen molar-refractivity contribution in [1.29, 1.82) is 0 Å². The minimum atomic E-state index is 0.465. The molecule has 1 atom stereocenters. The molecular weight excluding hydrogens is 268 g/mol. The smallest absolute Gasteiger partial charge is 0.0743 e. The van der Waals surface area contributed by atoms with Crippen molar-refractivity contribution in [3.63, 3.8) is 0 Å². The zero-order valence-electron chi connectivity index (χ0n) is 11.7. The monoisotopic (exact) mass is 284 g/mol. The van der Waals surface area contributed by atoms with E-state index in [1.165, 1.54) is 11.1 Å². The molecule has 0 spiro atoms. The lowest BCUT2D eigenvalue weighted by molar-refractivity contribution is 0.761. The molecule has 0 fully saturated rings. The van der Waals surface area contributed by atoms with E-state index in [9.17, 15) is 0 Å². The molecule has 0 saturated carbocycles. The van der Waals surface area contributed by atoms with Gasteiger partial charge in [0.05, 0.1) is 5.71 Å². The van der Waals surface area contributed by atoms with Gasteiger partial charge in [-0.3, -0.25) is 4.99 Å². The third-order valence-corrected chi connectivity index (χ3v) is 4.01. The van der Waals surface area contributed by atoms with Crippen LogP contribution in [0, 0.1) is 0 Å². The van der Waals surface area contributed by atoms with Gasteiger partial charge in [0.2, 0.25) is 0 Å². The number of nitrogens with zero attached hydrogens (tertiary/aromatic N) is 1. The van der Waals surface area contributed by atoms with E-state index in [-0.39, 0.29) is 0 Å². The van der Waals surface area contributed by atoms with Gasteiger partial charge in [-0.25, -0.2) is 0 Å². The predicted molar refractivity (Wildman–Crippen MR) is 86.4 cm³/mol. The summed E-state index contributed by atoms with van der Waals surface area (Å²) in [6.45, 7) is 3.04. The lowest BCUT2D eigenvalue weighted by Gasteiger charge is -2.23. The number of benzene rings is 2. The molecule has 0 aliphatic carbocycles. The Morgan fingerprint density at radius 3 is 2.75 bits per heavy atom. The number of hydrogen-bond acceptors (Lipinski definition) is 2. The normalized spacial score (nSPS) is 17.4. The Morgan fingerprint density at radius 2 is 1.95 bits per heavy atom. The van der Waals surface area contributed by atoms with E-state index in [1.807, 2.05) is 25.2 Å². The van der Waals surface area contributed by atoms with E-state index in [0.29, 0.717) is 5.92 Å². The number of aliphatic imine (C=N–C) groups is 1. The molecule has 0 unspecified atom stereocenters. The molecule has 0 saturated heterocycles. The molecule has 3 rings (SSSR count). The fourth-order valence-electron chi connectivity index (χ4n) is 2.71. The fraction of sp³-hybridized carbons (Fsp3) is 0.235. The molecule has 1 aliphatic heterocycles. The summed E-state index contributed by atoms with van der Waals surface area (Å²) < 4.78 is 0. The lowest BCUT2D eigenvalue weighted by Crippen LogP contribution is -2.18. The van der Waals surface area contributed by atoms with Gasteiger partial charge in [-0.2, -0.15) is 0 Å². The van der Waals surface area contributed by atoms with Crippen molar-refractivity contribution in [2.45, 2.75) is 12.8 Å². The van der Waals surface area contributed by atoms with Crippen LogP contribution in [0.2, 0.25) is 5.02 Å². The van der Waals surface area contributed by atoms with E-state index in [2.05, 4.69) is 36.5 Å². The number of fused-ring (bicyclic) bond motifs is 1. The molecule has 1 aliphatic rings. The zero-order valence-corrected chi connectivity index (χ0v) is 12.4. The third kappa shape index (κ3) is 2.20. The van der Waals surface area contributed by atoms with Crippen molar-refractivity contribution in [1.82, 2.24) is 0 Å². The van der Waals surface area contributed by atoms with E-state index >= 15 is 0 Å². The van der Waals surface area contributed by atoms with Crippen LogP contribution in [0.25, 0.3) is 0 Å². The molecule has 0 amide bonds. The van der Waals surface area contributed by atoms with Crippen molar-refractivity contribution < 1.29 is 0 Å². The zero-order chi connectivity index (χ0) is 14.1. The van der Waals surface area contributed by atoms with E-state index in [1.54, 1.807) is 0 Å². The Morgan fingerprint density at radius 1 is 1.15 bits per heavy atom. The molecule has 0 bridgehead atoms. The van der Waals surface area contributed by atoms with Gasteiger partial charge < -0.3 is 5.32 Å². The largest absolute Gasteiger partial charge is 0.388 e. The first-order valence-corrected chi connectivity index (χ1v) is 7.20. The summed E-state index contributed by atoms with van der Waals surface area (Å²) in [6.07, 6.45) is 0. The van der Waals surface area contributed by atoms with Crippen molar-refractivity contribution >= 4 is 23.0 Å². The molecule has 0 radical (unpaired) electrons. The first kappa shape index (κ1) is 13.2. The van der Waals surface area contributed by atoms with Gasteiger partial charge in [-0.15, -0.1) is 0 Å². The maximum absolute atomic E-state index is 6.17. The van der Waals surface area contributed by atoms with Crippen LogP contribution in [0.1, 0.15) is 29.5 Å². The second kappa shape index (κ2) is 5.29. The minimum absolute atomic E-state index is 0.465. The maximum Gasteiger partial charge on any atom is 0.0743 e. The van der Waals surface area contributed by atoms with Crippen molar-refractivity contribution in [3.05, 3.63) is 64.2 Å². The van der Waals surface area contributed by atoms with Crippen molar-refractivity contribution in [2.75, 3.05) is 18.9 Å². The van der Waals surface area contributed by atoms with Crippen LogP contribution in [0.5, 0.6) is 0 Å². The van der Waals surface area contributed by atoms with Crippen LogP contribution in [0.4, 0.5) is 5.69 Å². The van der Waals surface area contributed by atoms with Gasteiger partial charge in [0.25, 0.3) is 0 Å². The van der Waals surface area contributed by atoms with Gasteiger partial charge in [-0.1, -0.05) is 42.8 Å². The Labute approximate surface area is 124 Å². The summed E-state index contributed by atoms with van der Waals surface area (Å²) in [5, 5.41) is 3.96. The first-order valence-electron chi connectivity index (χ1n) is 6.82.